The first-order valence-corrected chi connectivity index (χ1v) is 6.32. The van der Waals surface area contributed by atoms with E-state index < -0.39 is 0 Å². The first-order chi connectivity index (χ1) is 9.04. The van der Waals surface area contributed by atoms with Crippen molar-refractivity contribution >= 4 is 23.1 Å². The number of Topliss-reactive ketones (excluding diaryl/α,β-unsaturated/α-hetero) is 1. The number of rotatable bonds is 1. The summed E-state index contributed by atoms with van der Waals surface area (Å²) in [6.07, 6.45) is 2.88. The zero-order valence-corrected chi connectivity index (χ0v) is 11.0. The Bertz CT molecular complexity index is 680. The maximum atomic E-state index is 13.7. The van der Waals surface area contributed by atoms with E-state index in [2.05, 4.69) is 4.99 Å². The number of halogens is 1. The molecule has 2 aliphatic rings. The van der Waals surface area contributed by atoms with E-state index >= 15 is 0 Å². The van der Waals surface area contributed by atoms with Crippen molar-refractivity contribution in [2.75, 3.05) is 0 Å². The average Bonchev–Trinajstić information content (AvgIpc) is 2.69. The van der Waals surface area contributed by atoms with Crippen LogP contribution in [0.4, 0.5) is 4.39 Å². The SMILES string of the molecule is CC1=Cc2cc(C3=C(F)N=C(C)C3)ccc2CC1=O. The second-order valence-electron chi connectivity index (χ2n) is 5.13. The fourth-order valence-corrected chi connectivity index (χ4v) is 2.53. The van der Waals surface area contributed by atoms with E-state index in [4.69, 9.17) is 0 Å². The van der Waals surface area contributed by atoms with E-state index in [0.29, 0.717) is 18.4 Å². The number of aliphatic imine (C=N–C) groups is 1. The second kappa shape index (κ2) is 4.26. The minimum atomic E-state index is -0.384. The summed E-state index contributed by atoms with van der Waals surface area (Å²) < 4.78 is 13.7. The Hall–Kier alpha value is -2.03. The molecule has 1 heterocycles. The standard InChI is InChI=1S/C16H14FNO/c1-9-5-13-7-12(4-3-11(13)8-15(9)19)14-6-10(2)18-16(14)17/h3-5,7H,6,8H2,1-2H3. The summed E-state index contributed by atoms with van der Waals surface area (Å²) in [6, 6.07) is 5.75. The Morgan fingerprint density at radius 3 is 2.68 bits per heavy atom. The number of ketones is 1. The molecule has 3 rings (SSSR count). The summed E-state index contributed by atoms with van der Waals surface area (Å²) >= 11 is 0. The van der Waals surface area contributed by atoms with Crippen LogP contribution in [-0.4, -0.2) is 11.5 Å². The Morgan fingerprint density at radius 2 is 2.00 bits per heavy atom. The van der Waals surface area contributed by atoms with Gasteiger partial charge in [0, 0.05) is 24.1 Å². The van der Waals surface area contributed by atoms with Gasteiger partial charge in [0.25, 0.3) is 0 Å². The number of nitrogens with zero attached hydrogens (tertiary/aromatic N) is 1. The summed E-state index contributed by atoms with van der Waals surface area (Å²) in [7, 11) is 0. The van der Waals surface area contributed by atoms with Crippen molar-refractivity contribution in [1.29, 1.82) is 0 Å². The van der Waals surface area contributed by atoms with Crippen LogP contribution in [-0.2, 0) is 11.2 Å². The molecule has 0 bridgehead atoms. The number of carbonyl (C=O) groups excluding carboxylic acids is 1. The Morgan fingerprint density at radius 1 is 1.21 bits per heavy atom. The smallest absolute Gasteiger partial charge is 0.216 e. The first kappa shape index (κ1) is 12.0. The van der Waals surface area contributed by atoms with Gasteiger partial charge >= 0.3 is 0 Å². The lowest BCUT2D eigenvalue weighted by atomic mass is 9.89. The third kappa shape index (κ3) is 2.05. The van der Waals surface area contributed by atoms with Crippen LogP contribution in [0.5, 0.6) is 0 Å². The molecule has 1 aromatic carbocycles. The predicted octanol–water partition coefficient (Wildman–Crippen LogP) is 3.72. The molecule has 0 aromatic heterocycles. The molecular formula is C16H14FNO. The molecule has 3 heteroatoms. The van der Waals surface area contributed by atoms with E-state index in [9.17, 15) is 9.18 Å². The molecule has 0 spiro atoms. The maximum absolute atomic E-state index is 13.7. The van der Waals surface area contributed by atoms with Gasteiger partial charge in [-0.3, -0.25) is 4.79 Å². The van der Waals surface area contributed by atoms with Crippen LogP contribution in [0.1, 0.15) is 37.0 Å². The molecular weight excluding hydrogens is 241 g/mol. The second-order valence-corrected chi connectivity index (χ2v) is 5.13. The molecule has 0 amide bonds. The van der Waals surface area contributed by atoms with Crippen LogP contribution in [0.3, 0.4) is 0 Å². The number of hydrogen-bond donors (Lipinski definition) is 0. The van der Waals surface area contributed by atoms with Crippen LogP contribution in [0.25, 0.3) is 11.6 Å². The number of hydrogen-bond acceptors (Lipinski definition) is 2. The fraction of sp³-hybridized carbons (Fsp3) is 0.250. The molecule has 0 atom stereocenters. The topological polar surface area (TPSA) is 29.4 Å². The number of benzene rings is 1. The normalized spacial score (nSPS) is 18.4. The van der Waals surface area contributed by atoms with Gasteiger partial charge < -0.3 is 0 Å². The minimum absolute atomic E-state index is 0.158. The van der Waals surface area contributed by atoms with Crippen molar-refractivity contribution in [3.05, 3.63) is 46.4 Å². The maximum Gasteiger partial charge on any atom is 0.216 e. The highest BCUT2D eigenvalue weighted by Crippen LogP contribution is 2.32. The lowest BCUT2D eigenvalue weighted by molar-refractivity contribution is -0.114. The highest BCUT2D eigenvalue weighted by atomic mass is 19.1. The van der Waals surface area contributed by atoms with Crippen LogP contribution in [0.15, 0.2) is 34.7 Å². The van der Waals surface area contributed by atoms with Crippen molar-refractivity contribution < 1.29 is 9.18 Å². The molecule has 19 heavy (non-hydrogen) atoms. The van der Waals surface area contributed by atoms with Crippen molar-refractivity contribution in [2.24, 2.45) is 4.99 Å². The molecule has 0 unspecified atom stereocenters. The highest BCUT2D eigenvalue weighted by Gasteiger charge is 2.20. The van der Waals surface area contributed by atoms with Gasteiger partial charge in [0.2, 0.25) is 5.95 Å². The average molecular weight is 255 g/mol. The number of carbonyl (C=O) groups is 1. The van der Waals surface area contributed by atoms with E-state index in [1.54, 1.807) is 0 Å². The Kier molecular flexibility index (Phi) is 2.70. The van der Waals surface area contributed by atoms with Gasteiger partial charge in [-0.25, -0.2) is 4.99 Å². The van der Waals surface area contributed by atoms with Gasteiger partial charge in [-0.15, -0.1) is 0 Å². The summed E-state index contributed by atoms with van der Waals surface area (Å²) in [5.74, 6) is -0.226. The lowest BCUT2D eigenvalue weighted by Crippen LogP contribution is -2.10. The summed E-state index contributed by atoms with van der Waals surface area (Å²) in [6.45, 7) is 3.65. The summed E-state index contributed by atoms with van der Waals surface area (Å²) in [5.41, 5.74) is 5.08. The van der Waals surface area contributed by atoms with Gasteiger partial charge in [-0.1, -0.05) is 12.1 Å². The van der Waals surface area contributed by atoms with Crippen molar-refractivity contribution in [1.82, 2.24) is 0 Å². The summed E-state index contributed by atoms with van der Waals surface area (Å²) in [5, 5.41) is 0. The molecule has 0 N–H and O–H groups in total. The van der Waals surface area contributed by atoms with Gasteiger partial charge in [0.05, 0.1) is 0 Å². The van der Waals surface area contributed by atoms with E-state index in [-0.39, 0.29) is 11.7 Å². The zero-order valence-electron chi connectivity index (χ0n) is 11.0. The van der Waals surface area contributed by atoms with Crippen LogP contribution in [0, 0.1) is 0 Å². The molecule has 0 radical (unpaired) electrons. The van der Waals surface area contributed by atoms with Crippen LogP contribution in [0.2, 0.25) is 0 Å². The molecule has 1 aliphatic heterocycles. The van der Waals surface area contributed by atoms with E-state index in [1.165, 1.54) is 0 Å². The lowest BCUT2D eigenvalue weighted by Gasteiger charge is -2.14. The van der Waals surface area contributed by atoms with Gasteiger partial charge in [-0.2, -0.15) is 4.39 Å². The third-order valence-corrected chi connectivity index (χ3v) is 3.63. The zero-order chi connectivity index (χ0) is 13.6. The van der Waals surface area contributed by atoms with Gasteiger partial charge in [0.15, 0.2) is 5.78 Å². The van der Waals surface area contributed by atoms with Gasteiger partial charge in [0.1, 0.15) is 0 Å². The van der Waals surface area contributed by atoms with Crippen LogP contribution < -0.4 is 0 Å². The molecule has 2 nitrogen and oxygen atoms in total. The number of fused-ring (bicyclic) bond motifs is 1. The third-order valence-electron chi connectivity index (χ3n) is 3.63. The quantitative estimate of drug-likeness (QED) is 0.703. The summed E-state index contributed by atoms with van der Waals surface area (Å²) in [4.78, 5) is 15.5. The molecule has 0 saturated carbocycles. The fourth-order valence-electron chi connectivity index (χ4n) is 2.53. The monoisotopic (exact) mass is 255 g/mol. The van der Waals surface area contributed by atoms with Crippen molar-refractivity contribution in [2.45, 2.75) is 26.7 Å². The van der Waals surface area contributed by atoms with Crippen molar-refractivity contribution in [3.63, 3.8) is 0 Å². The largest absolute Gasteiger partial charge is 0.294 e. The molecule has 1 aromatic rings. The van der Waals surface area contributed by atoms with Gasteiger partial charge in [-0.05, 0) is 48.3 Å². The van der Waals surface area contributed by atoms with Crippen molar-refractivity contribution in [3.8, 4) is 0 Å². The first-order valence-electron chi connectivity index (χ1n) is 6.32. The molecule has 1 aliphatic carbocycles. The molecule has 0 saturated heterocycles. The Balaban J connectivity index is 2.04. The Labute approximate surface area is 111 Å². The van der Waals surface area contributed by atoms with E-state index in [1.807, 2.05) is 38.1 Å². The molecule has 96 valence electrons. The molecule has 0 fully saturated rings. The minimum Gasteiger partial charge on any atom is -0.294 e. The predicted molar refractivity (Wildman–Crippen MR) is 74.6 cm³/mol. The highest BCUT2D eigenvalue weighted by molar-refractivity contribution is 6.03. The van der Waals surface area contributed by atoms with E-state index in [0.717, 1.165) is 28.0 Å². The van der Waals surface area contributed by atoms with Crippen LogP contribution >= 0.6 is 0 Å². The number of allylic oxidation sites excluding steroid dienone is 2.